The SMILES string of the molecule is CC(C)(CO)C(=O)SCCOP(=O)(OC[C@H]1O[C@@H](n2ccc(N)nc2=O)[C@@H](O)C1O)N1CCOCC1. The molecular weight excluding hydrogens is 519 g/mol. The van der Waals surface area contributed by atoms with E-state index in [0.29, 0.717) is 13.2 Å². The maximum Gasteiger partial charge on any atom is 0.408 e. The van der Waals surface area contributed by atoms with Crippen molar-refractivity contribution in [2.45, 2.75) is 38.4 Å². The molecule has 0 aliphatic carbocycles. The lowest BCUT2D eigenvalue weighted by molar-refractivity contribution is -0.119. The number of carbonyl (C=O) groups excluding carboxylic acids is 1. The Morgan fingerprint density at radius 2 is 2.00 bits per heavy atom. The number of ether oxygens (including phenoxy) is 2. The zero-order chi connectivity index (χ0) is 26.5. The minimum atomic E-state index is -3.90. The molecule has 2 saturated heterocycles. The number of hydrogen-bond donors (Lipinski definition) is 4. The largest absolute Gasteiger partial charge is 0.408 e. The predicted molar refractivity (Wildman–Crippen MR) is 129 cm³/mol. The third-order valence-electron chi connectivity index (χ3n) is 5.72. The number of thioether (sulfide) groups is 1. The monoisotopic (exact) mass is 552 g/mol. The quantitative estimate of drug-likeness (QED) is 0.197. The summed E-state index contributed by atoms with van der Waals surface area (Å²) in [5, 5.41) is 30.0. The van der Waals surface area contributed by atoms with Crippen LogP contribution < -0.4 is 11.4 Å². The zero-order valence-corrected chi connectivity index (χ0v) is 21.8. The molecule has 2 fully saturated rings. The summed E-state index contributed by atoms with van der Waals surface area (Å²) in [7, 11) is -3.90. The molecule has 1 aromatic heterocycles. The minimum absolute atomic E-state index is 0.00689. The molecule has 0 aromatic carbocycles. The first-order valence-corrected chi connectivity index (χ1v) is 13.8. The molecular formula is C20H33N4O10PS. The molecule has 204 valence electrons. The van der Waals surface area contributed by atoms with E-state index in [2.05, 4.69) is 4.98 Å². The van der Waals surface area contributed by atoms with Gasteiger partial charge >= 0.3 is 13.4 Å². The van der Waals surface area contributed by atoms with Crippen molar-refractivity contribution in [3.63, 3.8) is 0 Å². The van der Waals surface area contributed by atoms with Gasteiger partial charge in [0.2, 0.25) is 0 Å². The number of aliphatic hydroxyl groups excluding tert-OH is 3. The lowest BCUT2D eigenvalue weighted by atomic mass is 9.97. The first-order valence-electron chi connectivity index (χ1n) is 11.3. The van der Waals surface area contributed by atoms with Gasteiger partial charge in [-0.3, -0.25) is 18.4 Å². The topological polar surface area (TPSA) is 196 Å². The Labute approximate surface area is 212 Å². The summed E-state index contributed by atoms with van der Waals surface area (Å²) in [6.45, 7) is 3.60. The van der Waals surface area contributed by atoms with Crippen LogP contribution >= 0.6 is 19.5 Å². The van der Waals surface area contributed by atoms with E-state index < -0.39 is 50.0 Å². The van der Waals surface area contributed by atoms with Gasteiger partial charge in [-0.1, -0.05) is 11.8 Å². The van der Waals surface area contributed by atoms with Gasteiger partial charge in [-0.2, -0.15) is 4.98 Å². The van der Waals surface area contributed by atoms with Gasteiger partial charge in [-0.05, 0) is 19.9 Å². The third-order valence-corrected chi connectivity index (χ3v) is 8.98. The van der Waals surface area contributed by atoms with E-state index >= 15 is 0 Å². The highest BCUT2D eigenvalue weighted by atomic mass is 32.2. The molecule has 0 bridgehead atoms. The minimum Gasteiger partial charge on any atom is -0.395 e. The van der Waals surface area contributed by atoms with Crippen molar-refractivity contribution in [3.05, 3.63) is 22.7 Å². The van der Waals surface area contributed by atoms with Crippen molar-refractivity contribution in [3.8, 4) is 0 Å². The van der Waals surface area contributed by atoms with E-state index in [1.807, 2.05) is 0 Å². The first-order chi connectivity index (χ1) is 17.0. The van der Waals surface area contributed by atoms with Gasteiger partial charge in [0.25, 0.3) is 0 Å². The number of morpholine rings is 1. The molecule has 0 saturated carbocycles. The standard InChI is InChI=1S/C20H33N4O10PS/c1-20(2,12-25)18(28)36-10-9-32-35(30,23-5-7-31-8-6-23)33-11-13-15(26)16(27)17(34-13)24-4-3-14(21)22-19(24)29/h3-4,13,15-17,25-27H,5-12H2,1-2H3,(H2,21,22,29)/t13-,15?,16+,17-,35?/m1/s1. The number of hydrogen-bond acceptors (Lipinski definition) is 13. The number of rotatable bonds is 11. The fourth-order valence-electron chi connectivity index (χ4n) is 3.43. The zero-order valence-electron chi connectivity index (χ0n) is 20.1. The molecule has 2 aliphatic heterocycles. The van der Waals surface area contributed by atoms with Crippen molar-refractivity contribution in [1.82, 2.24) is 14.2 Å². The van der Waals surface area contributed by atoms with Gasteiger partial charge in [0.1, 0.15) is 24.1 Å². The van der Waals surface area contributed by atoms with Gasteiger partial charge in [-0.15, -0.1) is 0 Å². The number of nitrogens with two attached hydrogens (primary N) is 1. The summed E-state index contributed by atoms with van der Waals surface area (Å²) in [4.78, 5) is 27.9. The lowest BCUT2D eigenvalue weighted by Gasteiger charge is -2.33. The highest BCUT2D eigenvalue weighted by molar-refractivity contribution is 8.13. The van der Waals surface area contributed by atoms with Crippen molar-refractivity contribution in [2.75, 3.05) is 57.6 Å². The van der Waals surface area contributed by atoms with Gasteiger partial charge < -0.3 is 30.5 Å². The normalized spacial score (nSPS) is 27.1. The highest BCUT2D eigenvalue weighted by Crippen LogP contribution is 2.53. The summed E-state index contributed by atoms with van der Waals surface area (Å²) in [6, 6.07) is 1.35. The second kappa shape index (κ2) is 12.4. The molecule has 36 heavy (non-hydrogen) atoms. The van der Waals surface area contributed by atoms with E-state index in [1.165, 1.54) is 16.9 Å². The Hall–Kier alpha value is -1.39. The molecule has 5 atom stereocenters. The fourth-order valence-corrected chi connectivity index (χ4v) is 6.07. The average molecular weight is 553 g/mol. The van der Waals surface area contributed by atoms with Gasteiger partial charge in [0, 0.05) is 25.0 Å². The molecule has 0 radical (unpaired) electrons. The molecule has 16 heteroatoms. The Bertz CT molecular complexity index is 1000. The first kappa shape index (κ1) is 29.2. The van der Waals surface area contributed by atoms with Crippen molar-refractivity contribution >= 4 is 30.4 Å². The second-order valence-corrected chi connectivity index (χ2v) is 12.0. The Morgan fingerprint density at radius 3 is 2.64 bits per heavy atom. The molecule has 14 nitrogen and oxygen atoms in total. The number of anilines is 1. The van der Waals surface area contributed by atoms with Crippen LogP contribution in [0, 0.1) is 5.41 Å². The third kappa shape index (κ3) is 6.92. The molecule has 2 unspecified atom stereocenters. The van der Waals surface area contributed by atoms with Crippen molar-refractivity contribution < 1.29 is 43.2 Å². The van der Waals surface area contributed by atoms with Gasteiger partial charge in [0.05, 0.1) is 38.4 Å². The molecule has 1 aromatic rings. The molecule has 2 aliphatic rings. The van der Waals surface area contributed by atoms with Crippen LogP contribution in [0.4, 0.5) is 5.82 Å². The molecule has 0 spiro atoms. The van der Waals surface area contributed by atoms with E-state index in [4.69, 9.17) is 24.3 Å². The van der Waals surface area contributed by atoms with Crippen LogP contribution in [0.3, 0.4) is 0 Å². The number of aliphatic hydroxyl groups is 3. The summed E-state index contributed by atoms with van der Waals surface area (Å²) in [5.41, 5.74) is 3.81. The Balaban J connectivity index is 1.64. The maximum absolute atomic E-state index is 13.7. The maximum atomic E-state index is 13.7. The molecule has 5 N–H and O–H groups in total. The van der Waals surface area contributed by atoms with Crippen molar-refractivity contribution in [1.29, 1.82) is 0 Å². The Morgan fingerprint density at radius 1 is 1.31 bits per heavy atom. The lowest BCUT2D eigenvalue weighted by Crippen LogP contribution is -2.38. The summed E-state index contributed by atoms with van der Waals surface area (Å²) >= 11 is 0.951. The highest BCUT2D eigenvalue weighted by Gasteiger charge is 2.46. The number of carbonyl (C=O) groups is 1. The van der Waals surface area contributed by atoms with Crippen LogP contribution in [0.2, 0.25) is 0 Å². The summed E-state index contributed by atoms with van der Waals surface area (Å²) in [5.74, 6) is 0.170. The van der Waals surface area contributed by atoms with Crippen LogP contribution in [0.25, 0.3) is 0 Å². The van der Waals surface area contributed by atoms with E-state index in [-0.39, 0.29) is 43.0 Å². The average Bonchev–Trinajstić information content (AvgIpc) is 3.14. The van der Waals surface area contributed by atoms with Crippen LogP contribution in [0.15, 0.2) is 17.1 Å². The predicted octanol–water partition coefficient (Wildman–Crippen LogP) is -0.803. The molecule has 0 amide bonds. The fraction of sp³-hybridized carbons (Fsp3) is 0.750. The van der Waals surface area contributed by atoms with Gasteiger partial charge in [0.15, 0.2) is 11.3 Å². The van der Waals surface area contributed by atoms with Crippen LogP contribution in [0.5, 0.6) is 0 Å². The number of nitrogen functional groups attached to an aromatic ring is 1. The summed E-state index contributed by atoms with van der Waals surface area (Å²) < 4.78 is 38.4. The second-order valence-electron chi connectivity index (χ2n) is 8.93. The van der Waals surface area contributed by atoms with E-state index in [1.54, 1.807) is 13.8 Å². The smallest absolute Gasteiger partial charge is 0.395 e. The van der Waals surface area contributed by atoms with Crippen molar-refractivity contribution in [2.24, 2.45) is 5.41 Å². The van der Waals surface area contributed by atoms with E-state index in [9.17, 15) is 29.5 Å². The molecule has 3 rings (SSSR count). The molecule has 3 heterocycles. The van der Waals surface area contributed by atoms with E-state index in [0.717, 1.165) is 16.3 Å². The number of nitrogens with zero attached hydrogens (tertiary/aromatic N) is 3. The van der Waals surface area contributed by atoms with Crippen LogP contribution in [-0.2, 0) is 27.9 Å². The van der Waals surface area contributed by atoms with Crippen LogP contribution in [0.1, 0.15) is 20.1 Å². The summed E-state index contributed by atoms with van der Waals surface area (Å²) in [6.07, 6.45) is -4.04. The Kier molecular flexibility index (Phi) is 10.1. The number of aromatic nitrogens is 2. The van der Waals surface area contributed by atoms with Crippen LogP contribution in [-0.4, -0.2) is 105 Å². The van der Waals surface area contributed by atoms with Gasteiger partial charge in [-0.25, -0.2) is 14.0 Å².